The van der Waals surface area contributed by atoms with E-state index in [1.165, 1.54) is 5.56 Å². The van der Waals surface area contributed by atoms with E-state index in [2.05, 4.69) is 11.1 Å². The second kappa shape index (κ2) is 5.52. The van der Waals surface area contributed by atoms with Gasteiger partial charge in [-0.05, 0) is 56.2 Å². The first-order valence-corrected chi connectivity index (χ1v) is 8.55. The molecule has 0 bridgehead atoms. The molecule has 1 aromatic heterocycles. The van der Waals surface area contributed by atoms with Crippen molar-refractivity contribution in [3.8, 4) is 0 Å². The van der Waals surface area contributed by atoms with Crippen LogP contribution in [0.15, 0.2) is 29.1 Å². The van der Waals surface area contributed by atoms with Gasteiger partial charge >= 0.3 is 0 Å². The second-order valence-electron chi connectivity index (χ2n) is 7.04. The van der Waals surface area contributed by atoms with Crippen molar-refractivity contribution in [1.82, 2.24) is 9.88 Å². The Kier molecular flexibility index (Phi) is 3.47. The maximum atomic E-state index is 12.7. The molecule has 4 heteroatoms. The van der Waals surface area contributed by atoms with Crippen molar-refractivity contribution in [3.05, 3.63) is 45.7 Å². The fourth-order valence-electron chi connectivity index (χ4n) is 3.34. The molecule has 1 N–H and O–H groups in total. The molecule has 0 spiro atoms. The average Bonchev–Trinajstić information content (AvgIpc) is 3.28. The van der Waals surface area contributed by atoms with Crippen LogP contribution in [0.1, 0.15) is 43.2 Å². The number of pyridine rings is 1. The zero-order valence-electron chi connectivity index (χ0n) is 13.5. The van der Waals surface area contributed by atoms with Crippen LogP contribution in [0.4, 0.5) is 0 Å². The van der Waals surface area contributed by atoms with E-state index in [4.69, 9.17) is 0 Å². The van der Waals surface area contributed by atoms with Gasteiger partial charge in [0.05, 0.1) is 6.54 Å². The van der Waals surface area contributed by atoms with Crippen LogP contribution in [-0.2, 0) is 11.3 Å². The smallest absolute Gasteiger partial charge is 0.253 e. The van der Waals surface area contributed by atoms with Crippen molar-refractivity contribution < 1.29 is 4.79 Å². The third-order valence-electron chi connectivity index (χ3n) is 5.14. The fourth-order valence-corrected chi connectivity index (χ4v) is 3.34. The number of aryl methyl sites for hydroxylation is 1. The number of nitrogens with one attached hydrogen (secondary N) is 1. The summed E-state index contributed by atoms with van der Waals surface area (Å²) in [6, 6.07) is 8.30. The Bertz CT molecular complexity index is 816. The van der Waals surface area contributed by atoms with Gasteiger partial charge in [-0.15, -0.1) is 0 Å². The molecule has 4 rings (SSSR count). The topological polar surface area (TPSA) is 53.2 Å². The third-order valence-corrected chi connectivity index (χ3v) is 5.14. The molecule has 2 fully saturated rings. The Balaban J connectivity index is 1.65. The monoisotopic (exact) mass is 310 g/mol. The fraction of sp³-hybridized carbons (Fsp3) is 0.474. The lowest BCUT2D eigenvalue weighted by Crippen LogP contribution is -2.40. The molecule has 0 aliphatic heterocycles. The van der Waals surface area contributed by atoms with E-state index in [0.29, 0.717) is 18.2 Å². The van der Waals surface area contributed by atoms with Gasteiger partial charge in [-0.25, -0.2) is 0 Å². The van der Waals surface area contributed by atoms with Crippen LogP contribution in [0.2, 0.25) is 0 Å². The SMILES string of the molecule is Cc1ccc2[nH]c(=O)c(CN(C(=O)C3CCC3)C3CC3)cc2c1. The lowest BCUT2D eigenvalue weighted by molar-refractivity contribution is -0.139. The number of hydrogen-bond acceptors (Lipinski definition) is 2. The second-order valence-corrected chi connectivity index (χ2v) is 7.04. The standard InChI is InChI=1S/C19H22N2O2/c1-12-5-8-17-14(9-12)10-15(18(22)20-17)11-21(16-6-7-16)19(23)13-3-2-4-13/h5,8-10,13,16H,2-4,6-7,11H2,1H3,(H,20,22). The Labute approximate surface area is 135 Å². The molecule has 1 heterocycles. The van der Waals surface area contributed by atoms with E-state index >= 15 is 0 Å². The van der Waals surface area contributed by atoms with Crippen molar-refractivity contribution in [2.24, 2.45) is 5.92 Å². The normalized spacial score (nSPS) is 18.0. The summed E-state index contributed by atoms with van der Waals surface area (Å²) in [5.41, 5.74) is 2.64. The van der Waals surface area contributed by atoms with Gasteiger partial charge in [0.2, 0.25) is 5.91 Å². The number of aromatic amines is 1. The van der Waals surface area contributed by atoms with Gasteiger partial charge in [-0.3, -0.25) is 9.59 Å². The molecule has 23 heavy (non-hydrogen) atoms. The zero-order valence-corrected chi connectivity index (χ0v) is 13.5. The predicted molar refractivity (Wildman–Crippen MR) is 90.2 cm³/mol. The summed E-state index contributed by atoms with van der Waals surface area (Å²) in [5, 5.41) is 1.03. The number of carbonyl (C=O) groups is 1. The first-order chi connectivity index (χ1) is 11.1. The molecule has 1 amide bonds. The summed E-state index contributed by atoms with van der Waals surface area (Å²) in [6.45, 7) is 2.49. The molecule has 4 nitrogen and oxygen atoms in total. The first kappa shape index (κ1) is 14.5. The third kappa shape index (κ3) is 2.78. The summed E-state index contributed by atoms with van der Waals surface area (Å²) >= 11 is 0. The highest BCUT2D eigenvalue weighted by molar-refractivity contribution is 5.81. The maximum Gasteiger partial charge on any atom is 0.253 e. The molecule has 120 valence electrons. The largest absolute Gasteiger partial charge is 0.335 e. The lowest BCUT2D eigenvalue weighted by Gasteiger charge is -2.31. The quantitative estimate of drug-likeness (QED) is 0.943. The number of carbonyl (C=O) groups excluding carboxylic acids is 1. The van der Waals surface area contributed by atoms with Crippen LogP contribution < -0.4 is 5.56 Å². The number of fused-ring (bicyclic) bond motifs is 1. The van der Waals surface area contributed by atoms with E-state index in [0.717, 1.165) is 43.0 Å². The van der Waals surface area contributed by atoms with Gasteiger partial charge < -0.3 is 9.88 Å². The molecule has 2 aromatic rings. The van der Waals surface area contributed by atoms with Gasteiger partial charge in [-0.1, -0.05) is 18.1 Å². The molecule has 2 aliphatic rings. The summed E-state index contributed by atoms with van der Waals surface area (Å²) < 4.78 is 0. The van der Waals surface area contributed by atoms with Crippen LogP contribution in [0, 0.1) is 12.8 Å². The Morgan fingerprint density at radius 3 is 2.65 bits per heavy atom. The number of aromatic nitrogens is 1. The number of hydrogen-bond donors (Lipinski definition) is 1. The summed E-state index contributed by atoms with van der Waals surface area (Å²) in [6.07, 6.45) is 5.32. The highest BCUT2D eigenvalue weighted by atomic mass is 16.2. The molecule has 0 unspecified atom stereocenters. The Hall–Kier alpha value is -2.10. The van der Waals surface area contributed by atoms with E-state index < -0.39 is 0 Å². The van der Waals surface area contributed by atoms with Crippen LogP contribution in [-0.4, -0.2) is 21.8 Å². The summed E-state index contributed by atoms with van der Waals surface area (Å²) in [5.74, 6) is 0.444. The number of benzene rings is 1. The zero-order chi connectivity index (χ0) is 16.0. The van der Waals surface area contributed by atoms with Gasteiger partial charge in [0.15, 0.2) is 0 Å². The van der Waals surface area contributed by atoms with E-state index in [1.807, 2.05) is 30.0 Å². The highest BCUT2D eigenvalue weighted by Gasteiger charge is 2.37. The highest BCUT2D eigenvalue weighted by Crippen LogP contribution is 2.34. The van der Waals surface area contributed by atoms with Gasteiger partial charge in [-0.2, -0.15) is 0 Å². The Morgan fingerprint density at radius 1 is 1.22 bits per heavy atom. The van der Waals surface area contributed by atoms with Crippen LogP contribution in [0.25, 0.3) is 10.9 Å². The molecular formula is C19H22N2O2. The number of rotatable bonds is 4. The van der Waals surface area contributed by atoms with E-state index in [-0.39, 0.29) is 17.4 Å². The Morgan fingerprint density at radius 2 is 2.00 bits per heavy atom. The van der Waals surface area contributed by atoms with Gasteiger partial charge in [0, 0.05) is 23.0 Å². The molecule has 0 atom stereocenters. The first-order valence-electron chi connectivity index (χ1n) is 8.55. The van der Waals surface area contributed by atoms with Crippen LogP contribution >= 0.6 is 0 Å². The molecule has 0 saturated heterocycles. The molecule has 2 aliphatic carbocycles. The van der Waals surface area contributed by atoms with Crippen molar-refractivity contribution >= 4 is 16.8 Å². The predicted octanol–water partition coefficient (Wildman–Crippen LogP) is 3.13. The number of nitrogens with zero attached hydrogens (tertiary/aromatic N) is 1. The minimum atomic E-state index is -0.0755. The number of H-pyrrole nitrogens is 1. The van der Waals surface area contributed by atoms with Crippen molar-refractivity contribution in [3.63, 3.8) is 0 Å². The molecule has 0 radical (unpaired) electrons. The minimum absolute atomic E-state index is 0.0755. The van der Waals surface area contributed by atoms with E-state index in [1.54, 1.807) is 0 Å². The number of amides is 1. The van der Waals surface area contributed by atoms with Crippen molar-refractivity contribution in [1.29, 1.82) is 0 Å². The molecule has 2 saturated carbocycles. The maximum absolute atomic E-state index is 12.7. The van der Waals surface area contributed by atoms with Gasteiger partial charge in [0.1, 0.15) is 0 Å². The lowest BCUT2D eigenvalue weighted by atomic mass is 9.84. The van der Waals surface area contributed by atoms with Crippen LogP contribution in [0.3, 0.4) is 0 Å². The minimum Gasteiger partial charge on any atom is -0.335 e. The van der Waals surface area contributed by atoms with E-state index in [9.17, 15) is 9.59 Å². The summed E-state index contributed by atoms with van der Waals surface area (Å²) in [7, 11) is 0. The average molecular weight is 310 g/mol. The van der Waals surface area contributed by atoms with Gasteiger partial charge in [0.25, 0.3) is 5.56 Å². The van der Waals surface area contributed by atoms with Crippen molar-refractivity contribution in [2.45, 2.75) is 51.6 Å². The van der Waals surface area contributed by atoms with Crippen LogP contribution in [0.5, 0.6) is 0 Å². The van der Waals surface area contributed by atoms with Crippen molar-refractivity contribution in [2.75, 3.05) is 0 Å². The molecular weight excluding hydrogens is 288 g/mol. The summed E-state index contributed by atoms with van der Waals surface area (Å²) in [4.78, 5) is 29.9. The molecule has 1 aromatic carbocycles.